The summed E-state index contributed by atoms with van der Waals surface area (Å²) in [5.74, 6) is 3.23. The molecule has 0 unspecified atom stereocenters. The van der Waals surface area contributed by atoms with E-state index in [-0.39, 0.29) is 11.5 Å². The van der Waals surface area contributed by atoms with Gasteiger partial charge in [0.25, 0.3) is 0 Å². The SMILES string of the molecule is CN(Cc1ccccc1)[C@H]1CC[C@@]2(C)[C@@H](CC[C@@H]3[C@@H]2CC[C@]2(C)[C@@H](O)[C@@H](N4CCOCC4)C[C@@H]32)C1. The largest absolute Gasteiger partial charge is 0.391 e. The van der Waals surface area contributed by atoms with Crippen LogP contribution >= 0.6 is 0 Å². The minimum Gasteiger partial charge on any atom is -0.391 e. The number of rotatable bonds is 4. The van der Waals surface area contributed by atoms with E-state index in [9.17, 15) is 5.11 Å². The van der Waals surface area contributed by atoms with Crippen LogP contribution in [0.1, 0.15) is 70.8 Å². The van der Waals surface area contributed by atoms with Crippen molar-refractivity contribution >= 4 is 0 Å². The molecule has 0 aromatic heterocycles. The highest BCUT2D eigenvalue weighted by Gasteiger charge is 2.62. The zero-order valence-corrected chi connectivity index (χ0v) is 22.4. The van der Waals surface area contributed by atoms with Crippen LogP contribution in [0.25, 0.3) is 0 Å². The molecule has 4 saturated carbocycles. The highest BCUT2D eigenvalue weighted by atomic mass is 16.5. The molecule has 0 spiro atoms. The molecule has 0 radical (unpaired) electrons. The smallest absolute Gasteiger partial charge is 0.0751 e. The Balaban J connectivity index is 1.15. The summed E-state index contributed by atoms with van der Waals surface area (Å²) in [5, 5.41) is 11.6. The molecule has 1 N–H and O–H groups in total. The summed E-state index contributed by atoms with van der Waals surface area (Å²) in [5.41, 5.74) is 2.05. The van der Waals surface area contributed by atoms with Gasteiger partial charge in [0.1, 0.15) is 0 Å². The Kier molecular flexibility index (Phi) is 6.57. The predicted molar refractivity (Wildman–Crippen MR) is 141 cm³/mol. The van der Waals surface area contributed by atoms with E-state index >= 15 is 0 Å². The van der Waals surface area contributed by atoms with Crippen LogP contribution in [0.4, 0.5) is 0 Å². The van der Waals surface area contributed by atoms with E-state index < -0.39 is 0 Å². The van der Waals surface area contributed by atoms with Gasteiger partial charge in [-0.3, -0.25) is 9.80 Å². The third-order valence-electron chi connectivity index (χ3n) is 12.0. The van der Waals surface area contributed by atoms with Crippen LogP contribution in [0.3, 0.4) is 0 Å². The zero-order chi connectivity index (χ0) is 24.2. The van der Waals surface area contributed by atoms with Crippen LogP contribution in [-0.2, 0) is 11.3 Å². The molecule has 0 amide bonds. The minimum atomic E-state index is -0.167. The van der Waals surface area contributed by atoms with Crippen molar-refractivity contribution in [1.29, 1.82) is 0 Å². The van der Waals surface area contributed by atoms with Crippen molar-refractivity contribution in [2.45, 2.75) is 89.9 Å². The Bertz CT molecular complexity index is 872. The number of benzene rings is 1. The Morgan fingerprint density at radius 3 is 2.46 bits per heavy atom. The molecule has 0 bridgehead atoms. The molecular formula is C31H48N2O2. The maximum atomic E-state index is 11.6. The van der Waals surface area contributed by atoms with Gasteiger partial charge in [-0.2, -0.15) is 0 Å². The monoisotopic (exact) mass is 480 g/mol. The third-order valence-corrected chi connectivity index (χ3v) is 12.0. The van der Waals surface area contributed by atoms with E-state index in [1.807, 2.05) is 0 Å². The second kappa shape index (κ2) is 9.42. The van der Waals surface area contributed by atoms with E-state index in [4.69, 9.17) is 4.74 Å². The van der Waals surface area contributed by atoms with Gasteiger partial charge in [0.15, 0.2) is 0 Å². The summed E-state index contributed by atoms with van der Waals surface area (Å²) in [6.07, 6.45) is 10.5. The second-order valence-corrected chi connectivity index (χ2v) is 13.4. The molecule has 1 saturated heterocycles. The van der Waals surface area contributed by atoms with Gasteiger partial charge in [-0.15, -0.1) is 0 Å². The van der Waals surface area contributed by atoms with E-state index in [1.165, 1.54) is 56.9 Å². The van der Waals surface area contributed by atoms with E-state index in [0.717, 1.165) is 56.6 Å². The molecule has 4 heteroatoms. The molecule has 6 rings (SSSR count). The van der Waals surface area contributed by atoms with E-state index in [2.05, 4.69) is 61.0 Å². The lowest BCUT2D eigenvalue weighted by Gasteiger charge is -2.61. The van der Waals surface area contributed by atoms with Gasteiger partial charge in [0.2, 0.25) is 0 Å². The van der Waals surface area contributed by atoms with Crippen LogP contribution in [0, 0.1) is 34.5 Å². The Hall–Kier alpha value is -0.940. The number of aliphatic hydroxyl groups is 1. The van der Waals surface area contributed by atoms with Gasteiger partial charge in [0.05, 0.1) is 19.3 Å². The Morgan fingerprint density at radius 2 is 1.69 bits per heavy atom. The fourth-order valence-corrected chi connectivity index (χ4v) is 9.88. The summed E-state index contributed by atoms with van der Waals surface area (Å²) in [6, 6.07) is 12.1. The minimum absolute atomic E-state index is 0.112. The second-order valence-electron chi connectivity index (χ2n) is 13.4. The fourth-order valence-electron chi connectivity index (χ4n) is 9.88. The molecule has 1 heterocycles. The Morgan fingerprint density at radius 1 is 0.943 bits per heavy atom. The first-order chi connectivity index (χ1) is 16.9. The van der Waals surface area contributed by atoms with Crippen LogP contribution in [0.2, 0.25) is 0 Å². The van der Waals surface area contributed by atoms with E-state index in [1.54, 1.807) is 0 Å². The molecule has 5 aliphatic rings. The Labute approximate surface area is 213 Å². The first-order valence-electron chi connectivity index (χ1n) is 14.6. The molecule has 5 fully saturated rings. The molecule has 9 atom stereocenters. The molecular weight excluding hydrogens is 432 g/mol. The lowest BCUT2D eigenvalue weighted by molar-refractivity contribution is -0.130. The van der Waals surface area contributed by atoms with E-state index in [0.29, 0.717) is 17.4 Å². The van der Waals surface area contributed by atoms with Crippen LogP contribution in [0.15, 0.2) is 30.3 Å². The third kappa shape index (κ3) is 4.11. The van der Waals surface area contributed by atoms with Crippen molar-refractivity contribution in [3.8, 4) is 0 Å². The van der Waals surface area contributed by atoms with Crippen molar-refractivity contribution in [3.63, 3.8) is 0 Å². The molecule has 35 heavy (non-hydrogen) atoms. The molecule has 194 valence electrons. The van der Waals surface area contributed by atoms with Gasteiger partial charge in [0, 0.05) is 31.7 Å². The van der Waals surface area contributed by atoms with Crippen molar-refractivity contribution in [3.05, 3.63) is 35.9 Å². The summed E-state index contributed by atoms with van der Waals surface area (Å²) >= 11 is 0. The highest BCUT2D eigenvalue weighted by Crippen LogP contribution is 2.66. The molecule has 1 aliphatic heterocycles. The number of hydrogen-bond acceptors (Lipinski definition) is 4. The quantitative estimate of drug-likeness (QED) is 0.642. The fraction of sp³-hybridized carbons (Fsp3) is 0.806. The first kappa shape index (κ1) is 24.4. The maximum absolute atomic E-state index is 11.6. The van der Waals surface area contributed by atoms with Gasteiger partial charge in [-0.1, -0.05) is 44.2 Å². The van der Waals surface area contributed by atoms with Gasteiger partial charge < -0.3 is 9.84 Å². The maximum Gasteiger partial charge on any atom is 0.0751 e. The zero-order valence-electron chi connectivity index (χ0n) is 22.4. The number of hydrogen-bond donors (Lipinski definition) is 1. The van der Waals surface area contributed by atoms with Crippen molar-refractivity contribution in [2.75, 3.05) is 33.4 Å². The van der Waals surface area contributed by atoms with Gasteiger partial charge in [-0.05, 0) is 98.5 Å². The summed E-state index contributed by atoms with van der Waals surface area (Å²) < 4.78 is 5.63. The summed E-state index contributed by atoms with van der Waals surface area (Å²) in [6.45, 7) is 9.85. The predicted octanol–water partition coefficient (Wildman–Crippen LogP) is 5.20. The number of ether oxygens (including phenoxy) is 1. The summed E-state index contributed by atoms with van der Waals surface area (Å²) in [7, 11) is 2.35. The average molecular weight is 481 g/mol. The van der Waals surface area contributed by atoms with Crippen molar-refractivity contribution in [1.82, 2.24) is 9.80 Å². The van der Waals surface area contributed by atoms with Crippen LogP contribution < -0.4 is 0 Å². The number of nitrogens with zero attached hydrogens (tertiary/aromatic N) is 2. The van der Waals surface area contributed by atoms with Gasteiger partial charge >= 0.3 is 0 Å². The molecule has 4 nitrogen and oxygen atoms in total. The number of fused-ring (bicyclic) bond motifs is 5. The van der Waals surface area contributed by atoms with Crippen molar-refractivity contribution < 1.29 is 9.84 Å². The van der Waals surface area contributed by atoms with Crippen LogP contribution in [0.5, 0.6) is 0 Å². The average Bonchev–Trinajstić information content (AvgIpc) is 3.15. The number of aliphatic hydroxyl groups excluding tert-OH is 1. The van der Waals surface area contributed by atoms with Crippen LogP contribution in [-0.4, -0.2) is 66.4 Å². The normalized spacial score (nSPS) is 46.1. The van der Waals surface area contributed by atoms with Gasteiger partial charge in [-0.25, -0.2) is 0 Å². The number of morpholine rings is 1. The molecule has 1 aromatic carbocycles. The lowest BCUT2D eigenvalue weighted by atomic mass is 9.45. The molecule has 4 aliphatic carbocycles. The highest BCUT2D eigenvalue weighted by molar-refractivity contribution is 5.16. The standard InChI is InChI=1S/C31H48N2O2/c1-30-13-11-24(32(3)21-22-7-5-4-6-8-22)19-23(30)9-10-25-26(30)12-14-31(2)27(25)20-28(29(31)34)33-15-17-35-18-16-33/h4-8,23-29,34H,9-21H2,1-3H3/t23-,24-,25+,26-,27-,28-,29-,30-,31-/m0/s1. The lowest BCUT2D eigenvalue weighted by Crippen LogP contribution is -2.55. The molecule has 1 aromatic rings. The van der Waals surface area contributed by atoms with Crippen molar-refractivity contribution in [2.24, 2.45) is 34.5 Å². The first-order valence-corrected chi connectivity index (χ1v) is 14.6. The topological polar surface area (TPSA) is 35.9 Å². The summed E-state index contributed by atoms with van der Waals surface area (Å²) in [4.78, 5) is 5.20.